The van der Waals surface area contributed by atoms with Crippen molar-refractivity contribution in [2.75, 3.05) is 51.0 Å². The van der Waals surface area contributed by atoms with Crippen LogP contribution in [0.2, 0.25) is 0 Å². The summed E-state index contributed by atoms with van der Waals surface area (Å²) in [6, 6.07) is 9.88. The fraction of sp³-hybridized carbons (Fsp3) is 0.440. The summed E-state index contributed by atoms with van der Waals surface area (Å²) < 4.78 is 30.5. The van der Waals surface area contributed by atoms with E-state index >= 15 is 0 Å². The Morgan fingerprint density at radius 1 is 1.16 bits per heavy atom. The van der Waals surface area contributed by atoms with E-state index in [9.17, 15) is 13.2 Å². The Kier molecular flexibility index (Phi) is 7.88. The number of carbonyl (C=O) groups excluding carboxylic acids is 1. The number of benzene rings is 1. The number of pyridine rings is 1. The van der Waals surface area contributed by atoms with Crippen LogP contribution in [0.25, 0.3) is 10.3 Å². The molecular formula is C25H30N6O5S2. The smallest absolute Gasteiger partial charge is 0.280 e. The molecule has 2 aromatic heterocycles. The molecule has 1 aromatic carbocycles. The second kappa shape index (κ2) is 11.3. The minimum atomic E-state index is -3.34. The molecule has 5 rings (SSSR count). The van der Waals surface area contributed by atoms with Gasteiger partial charge in [0.05, 0.1) is 23.4 Å². The zero-order valence-electron chi connectivity index (χ0n) is 21.2. The average molecular weight is 559 g/mol. The topological polar surface area (TPSA) is 135 Å². The summed E-state index contributed by atoms with van der Waals surface area (Å²) in [5.41, 5.74) is 1.12. The van der Waals surface area contributed by atoms with Gasteiger partial charge in [-0.1, -0.05) is 28.6 Å². The van der Waals surface area contributed by atoms with Crippen molar-refractivity contribution in [3.05, 3.63) is 42.0 Å². The number of rotatable bonds is 11. The van der Waals surface area contributed by atoms with Gasteiger partial charge < -0.3 is 19.8 Å². The number of fused-ring (bicyclic) bond motifs is 1. The molecule has 0 spiro atoms. The molecule has 3 aromatic rings. The molecule has 1 aliphatic carbocycles. The molecule has 11 nitrogen and oxygen atoms in total. The van der Waals surface area contributed by atoms with Crippen molar-refractivity contribution in [2.24, 2.45) is 5.16 Å². The number of ether oxygens (including phenoxy) is 1. The Morgan fingerprint density at radius 3 is 2.63 bits per heavy atom. The van der Waals surface area contributed by atoms with E-state index in [1.807, 2.05) is 26.2 Å². The van der Waals surface area contributed by atoms with E-state index in [4.69, 9.17) is 9.57 Å². The number of thiazole rings is 1. The molecule has 1 aliphatic heterocycles. The van der Waals surface area contributed by atoms with Gasteiger partial charge in [-0.05, 0) is 51.2 Å². The van der Waals surface area contributed by atoms with Crippen LogP contribution in [-0.4, -0.2) is 86.7 Å². The van der Waals surface area contributed by atoms with E-state index < -0.39 is 15.7 Å². The van der Waals surface area contributed by atoms with Crippen molar-refractivity contribution >= 4 is 54.1 Å². The molecule has 1 saturated carbocycles. The van der Waals surface area contributed by atoms with Crippen LogP contribution in [-0.2, 0) is 24.2 Å². The Labute approximate surface area is 225 Å². The number of hydrogen-bond donors (Lipinski definition) is 2. The number of hydrogen-bond acceptors (Lipinski definition) is 11. The molecule has 2 fully saturated rings. The maximum absolute atomic E-state index is 13.3. The van der Waals surface area contributed by atoms with E-state index in [-0.39, 0.29) is 22.0 Å². The van der Waals surface area contributed by atoms with Crippen molar-refractivity contribution in [1.82, 2.24) is 14.9 Å². The molecule has 0 unspecified atom stereocenters. The van der Waals surface area contributed by atoms with Gasteiger partial charge in [0, 0.05) is 25.1 Å². The number of likely N-dealkylation sites (N-methyl/N-ethyl adjacent to an activating group) is 1. The van der Waals surface area contributed by atoms with Gasteiger partial charge in [0.1, 0.15) is 16.2 Å². The molecule has 202 valence electrons. The minimum Gasteiger partial charge on any atom is -0.389 e. The van der Waals surface area contributed by atoms with E-state index in [2.05, 4.69) is 30.7 Å². The lowest BCUT2D eigenvalue weighted by atomic mass is 10.1. The molecule has 2 aliphatic rings. The van der Waals surface area contributed by atoms with Crippen LogP contribution in [0.3, 0.4) is 0 Å². The lowest BCUT2D eigenvalue weighted by Crippen LogP contribution is -2.25. The quantitative estimate of drug-likeness (QED) is 0.269. The highest BCUT2D eigenvalue weighted by molar-refractivity contribution is 7.92. The molecule has 1 amide bonds. The second-order valence-electron chi connectivity index (χ2n) is 9.52. The number of carbonyl (C=O) groups is 1. The number of oxime groups is 1. The van der Waals surface area contributed by atoms with Gasteiger partial charge in [0.25, 0.3) is 5.91 Å². The lowest BCUT2D eigenvalue weighted by Gasteiger charge is -2.10. The van der Waals surface area contributed by atoms with Gasteiger partial charge in [0.15, 0.2) is 26.8 Å². The molecule has 0 radical (unpaired) electrons. The van der Waals surface area contributed by atoms with E-state index in [1.165, 1.54) is 23.5 Å². The average Bonchev–Trinajstić information content (AvgIpc) is 3.49. The number of sulfone groups is 1. The third-order valence-electron chi connectivity index (χ3n) is 6.16. The van der Waals surface area contributed by atoms with Crippen molar-refractivity contribution < 1.29 is 22.8 Å². The number of amides is 1. The van der Waals surface area contributed by atoms with E-state index in [0.717, 1.165) is 18.9 Å². The molecule has 13 heteroatoms. The van der Waals surface area contributed by atoms with Crippen molar-refractivity contribution in [2.45, 2.75) is 35.5 Å². The largest absolute Gasteiger partial charge is 0.389 e. The summed E-state index contributed by atoms with van der Waals surface area (Å²) in [7, 11) is 0.668. The van der Waals surface area contributed by atoms with Gasteiger partial charge in [0.2, 0.25) is 0 Å². The first-order valence-electron chi connectivity index (χ1n) is 12.4. The first kappa shape index (κ1) is 26.5. The normalized spacial score (nSPS) is 18.2. The number of aromatic nitrogens is 2. The molecular weight excluding hydrogens is 528 g/mol. The zero-order chi connectivity index (χ0) is 26.7. The van der Waals surface area contributed by atoms with Crippen LogP contribution in [0.1, 0.15) is 24.8 Å². The summed E-state index contributed by atoms with van der Waals surface area (Å²) in [5, 5.41) is 10.3. The SMILES string of the molecule is CN(C)CCNc1ccc2nc(NC(=O)C(=NO[C@@H]3CCOC3)c3ccc(S(=O)(=O)C4CC4)cc3)sc2n1. The van der Waals surface area contributed by atoms with Gasteiger partial charge in [-0.15, -0.1) is 0 Å². The first-order valence-corrected chi connectivity index (χ1v) is 14.8. The number of anilines is 2. The fourth-order valence-corrected chi connectivity index (χ4v) is 6.34. The van der Waals surface area contributed by atoms with Crippen LogP contribution in [0.5, 0.6) is 0 Å². The zero-order valence-corrected chi connectivity index (χ0v) is 22.8. The van der Waals surface area contributed by atoms with Crippen molar-refractivity contribution in [1.29, 1.82) is 0 Å². The Hall–Kier alpha value is -3.13. The Morgan fingerprint density at radius 2 is 1.95 bits per heavy atom. The molecule has 1 saturated heterocycles. The van der Waals surface area contributed by atoms with Gasteiger partial charge in [-0.3, -0.25) is 10.1 Å². The first-order chi connectivity index (χ1) is 18.3. The van der Waals surface area contributed by atoms with Crippen molar-refractivity contribution in [3.63, 3.8) is 0 Å². The van der Waals surface area contributed by atoms with Gasteiger partial charge in [-0.25, -0.2) is 18.4 Å². The minimum absolute atomic E-state index is 0.0190. The van der Waals surface area contributed by atoms with Crippen molar-refractivity contribution in [3.8, 4) is 0 Å². The summed E-state index contributed by atoms with van der Waals surface area (Å²) in [6.07, 6.45) is 1.78. The highest BCUT2D eigenvalue weighted by Crippen LogP contribution is 2.33. The highest BCUT2D eigenvalue weighted by atomic mass is 32.2. The van der Waals surface area contributed by atoms with Gasteiger partial charge in [-0.2, -0.15) is 0 Å². The van der Waals surface area contributed by atoms with Crippen LogP contribution < -0.4 is 10.6 Å². The molecule has 3 heterocycles. The molecule has 2 N–H and O–H groups in total. The van der Waals surface area contributed by atoms with E-state index in [1.54, 1.807) is 12.1 Å². The summed E-state index contributed by atoms with van der Waals surface area (Å²) in [5.74, 6) is 0.210. The molecule has 0 bridgehead atoms. The maximum atomic E-state index is 13.3. The number of nitrogens with zero attached hydrogens (tertiary/aromatic N) is 4. The highest BCUT2D eigenvalue weighted by Gasteiger charge is 2.36. The van der Waals surface area contributed by atoms with E-state index in [0.29, 0.717) is 53.5 Å². The molecule has 1 atom stereocenters. The summed E-state index contributed by atoms with van der Waals surface area (Å²) in [4.78, 5) is 31.0. The monoisotopic (exact) mass is 558 g/mol. The Bertz CT molecular complexity index is 1430. The maximum Gasteiger partial charge on any atom is 0.280 e. The third-order valence-corrected chi connectivity index (χ3v) is 9.32. The fourth-order valence-electron chi connectivity index (χ4n) is 3.85. The Balaban J connectivity index is 1.34. The third kappa shape index (κ3) is 6.29. The number of nitrogens with one attached hydrogen (secondary N) is 2. The van der Waals surface area contributed by atoms with Crippen LogP contribution in [0.4, 0.5) is 10.9 Å². The predicted octanol–water partition coefficient (Wildman–Crippen LogP) is 2.75. The van der Waals surface area contributed by atoms with Crippen LogP contribution in [0, 0.1) is 0 Å². The summed E-state index contributed by atoms with van der Waals surface area (Å²) in [6.45, 7) is 2.58. The molecule has 38 heavy (non-hydrogen) atoms. The van der Waals surface area contributed by atoms with Crippen LogP contribution >= 0.6 is 11.3 Å². The standard InChI is InChI=1S/C25H30N6O5S2/c1-31(2)13-12-26-21-10-9-20-24(28-21)37-25(27-20)29-23(32)22(30-36-17-11-14-35-15-17)16-3-5-18(6-4-16)38(33,34)19-7-8-19/h3-6,9-10,17,19H,7-8,11-15H2,1-2H3,(H,26,28)(H,27,29,32)/t17-/m1/s1. The lowest BCUT2D eigenvalue weighted by molar-refractivity contribution is -0.110. The van der Waals surface area contributed by atoms with Crippen LogP contribution in [0.15, 0.2) is 46.4 Å². The predicted molar refractivity (Wildman–Crippen MR) is 147 cm³/mol. The summed E-state index contributed by atoms with van der Waals surface area (Å²) >= 11 is 1.25. The van der Waals surface area contributed by atoms with Gasteiger partial charge >= 0.3 is 0 Å². The second-order valence-corrected chi connectivity index (χ2v) is 12.7.